The van der Waals surface area contributed by atoms with Crippen molar-refractivity contribution in [3.63, 3.8) is 0 Å². The molecular weight excluding hydrogens is 464 g/mol. The summed E-state index contributed by atoms with van der Waals surface area (Å²) in [5.74, 6) is -0.884. The molecular formula is C27H26N2O5S. The number of nitrogens with one attached hydrogen (secondary N) is 1. The molecule has 180 valence electrons. The van der Waals surface area contributed by atoms with E-state index in [0.717, 1.165) is 5.56 Å². The average molecular weight is 491 g/mol. The number of hydrogen-bond acceptors (Lipinski definition) is 5. The molecule has 0 aliphatic heterocycles. The third-order valence-corrected chi connectivity index (χ3v) is 6.68. The van der Waals surface area contributed by atoms with Crippen molar-refractivity contribution in [3.8, 4) is 0 Å². The summed E-state index contributed by atoms with van der Waals surface area (Å²) in [5, 5.41) is 2.76. The van der Waals surface area contributed by atoms with Crippen LogP contribution in [0.15, 0.2) is 102 Å². The number of rotatable bonds is 10. The van der Waals surface area contributed by atoms with Crippen LogP contribution in [-0.4, -0.2) is 33.4 Å². The molecule has 0 radical (unpaired) electrons. The summed E-state index contributed by atoms with van der Waals surface area (Å²) >= 11 is 0. The molecule has 0 heterocycles. The molecule has 0 fully saturated rings. The van der Waals surface area contributed by atoms with Gasteiger partial charge in [-0.15, -0.1) is 6.58 Å². The van der Waals surface area contributed by atoms with E-state index in [1.165, 1.54) is 34.7 Å². The van der Waals surface area contributed by atoms with Crippen molar-refractivity contribution in [1.82, 2.24) is 0 Å². The number of carbonyl (C=O) groups is 2. The van der Waals surface area contributed by atoms with Crippen LogP contribution in [0.2, 0.25) is 0 Å². The van der Waals surface area contributed by atoms with E-state index in [-0.39, 0.29) is 17.0 Å². The van der Waals surface area contributed by atoms with Crippen molar-refractivity contribution in [3.05, 3.63) is 109 Å². The molecule has 1 amide bonds. The van der Waals surface area contributed by atoms with Crippen LogP contribution < -0.4 is 9.62 Å². The summed E-state index contributed by atoms with van der Waals surface area (Å²) in [7, 11) is -3.93. The molecule has 0 saturated carbocycles. The van der Waals surface area contributed by atoms with E-state index in [0.29, 0.717) is 18.0 Å². The summed E-state index contributed by atoms with van der Waals surface area (Å²) in [6.45, 7) is 5.78. The Morgan fingerprint density at radius 2 is 1.71 bits per heavy atom. The minimum absolute atomic E-state index is 0.00435. The van der Waals surface area contributed by atoms with Gasteiger partial charge in [0.25, 0.3) is 15.9 Å². The smallest absolute Gasteiger partial charge is 0.330 e. The zero-order chi connectivity index (χ0) is 25.3. The second kappa shape index (κ2) is 11.8. The Labute approximate surface area is 205 Å². The van der Waals surface area contributed by atoms with Crippen LogP contribution in [0, 0.1) is 0 Å². The van der Waals surface area contributed by atoms with Crippen molar-refractivity contribution in [1.29, 1.82) is 0 Å². The average Bonchev–Trinajstić information content (AvgIpc) is 2.87. The summed E-state index contributed by atoms with van der Waals surface area (Å²) in [5.41, 5.74) is 1.98. The molecule has 0 unspecified atom stereocenters. The molecule has 0 aliphatic carbocycles. The molecule has 0 atom stereocenters. The maximum atomic E-state index is 13.4. The van der Waals surface area contributed by atoms with Crippen LogP contribution in [0.3, 0.4) is 0 Å². The van der Waals surface area contributed by atoms with Gasteiger partial charge in [0.2, 0.25) is 0 Å². The predicted molar refractivity (Wildman–Crippen MR) is 138 cm³/mol. The molecule has 35 heavy (non-hydrogen) atoms. The van der Waals surface area contributed by atoms with Gasteiger partial charge in [0.15, 0.2) is 0 Å². The largest absolute Gasteiger partial charge is 0.463 e. The van der Waals surface area contributed by atoms with E-state index in [4.69, 9.17) is 4.74 Å². The highest BCUT2D eigenvalue weighted by molar-refractivity contribution is 7.92. The first-order valence-electron chi connectivity index (χ1n) is 10.9. The van der Waals surface area contributed by atoms with Gasteiger partial charge in [-0.05, 0) is 61.0 Å². The summed E-state index contributed by atoms with van der Waals surface area (Å²) in [6.07, 6.45) is 4.44. The van der Waals surface area contributed by atoms with Crippen molar-refractivity contribution >= 4 is 39.4 Å². The molecule has 0 aliphatic rings. The number of esters is 1. The van der Waals surface area contributed by atoms with E-state index in [9.17, 15) is 18.0 Å². The lowest BCUT2D eigenvalue weighted by molar-refractivity contribution is -0.137. The fourth-order valence-electron chi connectivity index (χ4n) is 3.21. The Morgan fingerprint density at radius 1 is 1.00 bits per heavy atom. The van der Waals surface area contributed by atoms with Gasteiger partial charge in [-0.3, -0.25) is 9.10 Å². The first kappa shape index (κ1) is 25.5. The van der Waals surface area contributed by atoms with E-state index >= 15 is 0 Å². The maximum Gasteiger partial charge on any atom is 0.330 e. The lowest BCUT2D eigenvalue weighted by atomic mass is 10.1. The summed E-state index contributed by atoms with van der Waals surface area (Å²) in [4.78, 5) is 24.2. The summed E-state index contributed by atoms with van der Waals surface area (Å²) in [6, 6.07) is 21.4. The molecule has 8 heteroatoms. The molecule has 0 aromatic heterocycles. The van der Waals surface area contributed by atoms with Gasteiger partial charge < -0.3 is 10.1 Å². The van der Waals surface area contributed by atoms with Crippen molar-refractivity contribution < 1.29 is 22.7 Å². The third-order valence-electron chi connectivity index (χ3n) is 4.89. The van der Waals surface area contributed by atoms with E-state index < -0.39 is 21.9 Å². The van der Waals surface area contributed by atoms with E-state index in [1.807, 2.05) is 0 Å². The van der Waals surface area contributed by atoms with Crippen LogP contribution in [0.1, 0.15) is 22.8 Å². The van der Waals surface area contributed by atoms with Gasteiger partial charge in [-0.1, -0.05) is 42.5 Å². The molecule has 1 N–H and O–H groups in total. The zero-order valence-electron chi connectivity index (χ0n) is 19.3. The van der Waals surface area contributed by atoms with Gasteiger partial charge in [0.1, 0.15) is 0 Å². The topological polar surface area (TPSA) is 92.8 Å². The lowest BCUT2D eigenvalue weighted by Gasteiger charge is -2.23. The molecule has 0 spiro atoms. The molecule has 3 rings (SSSR count). The van der Waals surface area contributed by atoms with Crippen LogP contribution in [0.25, 0.3) is 6.08 Å². The highest BCUT2D eigenvalue weighted by Gasteiger charge is 2.24. The normalized spacial score (nSPS) is 11.1. The second-order valence-electron chi connectivity index (χ2n) is 7.35. The van der Waals surface area contributed by atoms with Crippen LogP contribution in [0.5, 0.6) is 0 Å². The fraction of sp³-hybridized carbons (Fsp3) is 0.111. The number of nitrogens with zero attached hydrogens (tertiary/aromatic N) is 1. The van der Waals surface area contributed by atoms with E-state index in [2.05, 4.69) is 11.9 Å². The van der Waals surface area contributed by atoms with Gasteiger partial charge in [-0.25, -0.2) is 13.2 Å². The SMILES string of the molecule is C=CCN(c1ccccc1)S(=O)(=O)c1cccc(C(=O)Nc2ccc(C=CC(=O)OCC)cc2)c1. The van der Waals surface area contributed by atoms with Gasteiger partial charge >= 0.3 is 5.97 Å². The number of carbonyl (C=O) groups excluding carboxylic acids is 2. The predicted octanol–water partition coefficient (Wildman–Crippen LogP) is 4.90. The van der Waals surface area contributed by atoms with Gasteiger partial charge in [0.05, 0.1) is 23.7 Å². The number of sulfonamides is 1. The standard InChI is InChI=1S/C27H26N2O5S/c1-3-19-29(24-10-6-5-7-11-24)35(32,33)25-12-8-9-22(20-25)27(31)28-23-16-13-21(14-17-23)15-18-26(30)34-4-2/h3,5-18,20H,1,4,19H2,2H3,(H,28,31). The number of hydrogen-bond donors (Lipinski definition) is 1. The quantitative estimate of drug-likeness (QED) is 0.248. The Balaban J connectivity index is 1.77. The lowest BCUT2D eigenvalue weighted by Crippen LogP contribution is -2.31. The highest BCUT2D eigenvalue weighted by Crippen LogP contribution is 2.24. The monoisotopic (exact) mass is 490 g/mol. The number of anilines is 2. The van der Waals surface area contributed by atoms with Crippen molar-refractivity contribution in [2.75, 3.05) is 22.8 Å². The fourth-order valence-corrected chi connectivity index (χ4v) is 4.70. The molecule has 0 saturated heterocycles. The van der Waals surface area contributed by atoms with Crippen LogP contribution in [-0.2, 0) is 19.6 Å². The number of para-hydroxylation sites is 1. The minimum Gasteiger partial charge on any atom is -0.463 e. The Bertz CT molecular complexity index is 1320. The summed E-state index contributed by atoms with van der Waals surface area (Å²) < 4.78 is 32.8. The molecule has 3 aromatic rings. The van der Waals surface area contributed by atoms with Crippen molar-refractivity contribution in [2.45, 2.75) is 11.8 Å². The Morgan fingerprint density at radius 3 is 2.37 bits per heavy atom. The molecule has 3 aromatic carbocycles. The first-order valence-corrected chi connectivity index (χ1v) is 12.3. The van der Waals surface area contributed by atoms with Crippen molar-refractivity contribution in [2.24, 2.45) is 0 Å². The van der Waals surface area contributed by atoms with Gasteiger partial charge in [-0.2, -0.15) is 0 Å². The number of ether oxygens (including phenoxy) is 1. The molecule has 0 bridgehead atoms. The number of benzene rings is 3. The maximum absolute atomic E-state index is 13.4. The highest BCUT2D eigenvalue weighted by atomic mass is 32.2. The second-order valence-corrected chi connectivity index (χ2v) is 9.21. The zero-order valence-corrected chi connectivity index (χ0v) is 20.1. The minimum atomic E-state index is -3.93. The van der Waals surface area contributed by atoms with Crippen LogP contribution in [0.4, 0.5) is 11.4 Å². The molecule has 7 nitrogen and oxygen atoms in total. The number of amides is 1. The first-order chi connectivity index (χ1) is 16.8. The Hall–Kier alpha value is -4.17. The van der Waals surface area contributed by atoms with Crippen LogP contribution >= 0.6 is 0 Å². The van der Waals surface area contributed by atoms with Gasteiger partial charge in [0, 0.05) is 17.3 Å². The van der Waals surface area contributed by atoms with E-state index in [1.54, 1.807) is 73.7 Å². The Kier molecular flexibility index (Phi) is 8.58. The third kappa shape index (κ3) is 6.68.